The van der Waals surface area contributed by atoms with E-state index in [1.54, 1.807) is 31.4 Å². The molecule has 0 saturated carbocycles. The summed E-state index contributed by atoms with van der Waals surface area (Å²) in [6, 6.07) is 24.1. The number of carbonyl (C=O) groups excluding carboxylic acids is 2. The molecule has 1 saturated heterocycles. The van der Waals surface area contributed by atoms with E-state index < -0.39 is 0 Å². The summed E-state index contributed by atoms with van der Waals surface area (Å²) in [5, 5.41) is 4.36. The molecular weight excluding hydrogens is 625 g/mol. The molecule has 0 bridgehead atoms. The highest BCUT2D eigenvalue weighted by Gasteiger charge is 2.25. The zero-order valence-corrected chi connectivity index (χ0v) is 27.0. The molecule has 9 nitrogen and oxygen atoms in total. The number of nitrogens with one attached hydrogen (secondary N) is 1. The van der Waals surface area contributed by atoms with Crippen LogP contribution in [0.5, 0.6) is 11.6 Å². The Morgan fingerprint density at radius 3 is 2.33 bits per heavy atom. The number of amides is 2. The van der Waals surface area contributed by atoms with Gasteiger partial charge in [-0.25, -0.2) is 4.98 Å². The molecule has 0 radical (unpaired) electrons. The number of anilines is 1. The van der Waals surface area contributed by atoms with Gasteiger partial charge in [-0.1, -0.05) is 47.5 Å². The fraction of sp³-hybridized carbons (Fsp3) is 0.229. The summed E-state index contributed by atoms with van der Waals surface area (Å²) >= 11 is 12.0. The smallest absolute Gasteiger partial charge is 0.270 e. The van der Waals surface area contributed by atoms with Crippen LogP contribution >= 0.6 is 23.2 Å². The Bertz CT molecular complexity index is 1870. The van der Waals surface area contributed by atoms with Gasteiger partial charge in [0.05, 0.1) is 28.5 Å². The lowest BCUT2D eigenvalue weighted by Crippen LogP contribution is -2.48. The van der Waals surface area contributed by atoms with Crippen LogP contribution in [0.15, 0.2) is 85.1 Å². The predicted molar refractivity (Wildman–Crippen MR) is 180 cm³/mol. The van der Waals surface area contributed by atoms with Gasteiger partial charge in [0.2, 0.25) is 5.88 Å². The number of halogens is 2. The average molecular weight is 659 g/mol. The van der Waals surface area contributed by atoms with Crippen LogP contribution in [0.25, 0.3) is 10.9 Å². The maximum atomic E-state index is 13.6. The number of fused-ring (bicyclic) bond motifs is 1. The van der Waals surface area contributed by atoms with Crippen LogP contribution in [0.4, 0.5) is 5.69 Å². The van der Waals surface area contributed by atoms with Crippen molar-refractivity contribution in [1.29, 1.82) is 0 Å². The van der Waals surface area contributed by atoms with E-state index in [1.807, 2.05) is 40.8 Å². The third kappa shape index (κ3) is 7.18. The fourth-order valence-corrected chi connectivity index (χ4v) is 5.81. The summed E-state index contributed by atoms with van der Waals surface area (Å²) in [5.74, 6) is 0.633. The van der Waals surface area contributed by atoms with Crippen molar-refractivity contribution in [2.24, 2.45) is 7.05 Å². The van der Waals surface area contributed by atoms with Crippen LogP contribution < -0.4 is 10.1 Å². The Kier molecular flexibility index (Phi) is 9.56. The number of pyridine rings is 1. The third-order valence-corrected chi connectivity index (χ3v) is 8.77. The molecule has 0 aliphatic carbocycles. The lowest BCUT2D eigenvalue weighted by atomic mass is 10.1. The van der Waals surface area contributed by atoms with Crippen molar-refractivity contribution in [2.75, 3.05) is 38.6 Å². The first-order valence-corrected chi connectivity index (χ1v) is 15.6. The Hall–Kier alpha value is -4.41. The second-order valence-electron chi connectivity index (χ2n) is 11.2. The second kappa shape index (κ2) is 13.9. The monoisotopic (exact) mass is 657 g/mol. The summed E-state index contributed by atoms with van der Waals surface area (Å²) in [6.45, 7) is 4.45. The minimum Gasteiger partial charge on any atom is -0.439 e. The van der Waals surface area contributed by atoms with Gasteiger partial charge >= 0.3 is 0 Å². The Morgan fingerprint density at radius 1 is 0.870 bits per heavy atom. The molecule has 1 aliphatic heterocycles. The van der Waals surface area contributed by atoms with Crippen molar-refractivity contribution in [3.8, 4) is 11.6 Å². The van der Waals surface area contributed by atoms with Crippen molar-refractivity contribution in [3.05, 3.63) is 117 Å². The molecule has 2 aromatic heterocycles. The van der Waals surface area contributed by atoms with Crippen LogP contribution in [0.3, 0.4) is 0 Å². The van der Waals surface area contributed by atoms with Crippen molar-refractivity contribution >= 4 is 51.6 Å². The van der Waals surface area contributed by atoms with Gasteiger partial charge in [0.1, 0.15) is 11.4 Å². The number of aryl methyl sites for hydroxylation is 1. The molecule has 0 spiro atoms. The van der Waals surface area contributed by atoms with Crippen molar-refractivity contribution < 1.29 is 19.1 Å². The molecule has 2 amide bonds. The SMILES string of the molecule is COCc1ccc(CN2CCN(C(=O)c3cc4cc(Oc5ccc(NC(=O)c6ccc(Cl)c(Cl)c6)cn5)ccc4n3C)CC2)cc1. The van der Waals surface area contributed by atoms with Crippen LogP contribution in [-0.4, -0.2) is 64.5 Å². The highest BCUT2D eigenvalue weighted by atomic mass is 35.5. The van der Waals surface area contributed by atoms with E-state index in [4.69, 9.17) is 32.7 Å². The number of rotatable bonds is 9. The second-order valence-corrected chi connectivity index (χ2v) is 12.0. The van der Waals surface area contributed by atoms with Gasteiger partial charge in [0, 0.05) is 69.4 Å². The van der Waals surface area contributed by atoms with Gasteiger partial charge < -0.3 is 24.3 Å². The van der Waals surface area contributed by atoms with E-state index in [-0.39, 0.29) is 11.8 Å². The molecule has 1 N–H and O–H groups in total. The topological polar surface area (TPSA) is 88.9 Å². The number of methoxy groups -OCH3 is 1. The summed E-state index contributed by atoms with van der Waals surface area (Å²) in [6.07, 6.45) is 1.51. The number of ether oxygens (including phenoxy) is 2. The molecule has 46 heavy (non-hydrogen) atoms. The molecule has 0 atom stereocenters. The van der Waals surface area contributed by atoms with Crippen LogP contribution in [0, 0.1) is 0 Å². The van der Waals surface area contributed by atoms with E-state index in [2.05, 4.69) is 39.5 Å². The molecule has 236 valence electrons. The molecule has 3 heterocycles. The predicted octanol–water partition coefficient (Wildman–Crippen LogP) is 7.03. The summed E-state index contributed by atoms with van der Waals surface area (Å²) in [4.78, 5) is 34.7. The molecule has 6 rings (SSSR count). The summed E-state index contributed by atoms with van der Waals surface area (Å²) in [5.41, 5.74) is 4.86. The molecule has 3 aromatic carbocycles. The Balaban J connectivity index is 1.06. The van der Waals surface area contributed by atoms with Crippen LogP contribution in [-0.2, 0) is 24.9 Å². The average Bonchev–Trinajstić information content (AvgIpc) is 3.39. The lowest BCUT2D eigenvalue weighted by Gasteiger charge is -2.34. The van der Waals surface area contributed by atoms with Gasteiger partial charge in [-0.05, 0) is 59.7 Å². The van der Waals surface area contributed by atoms with E-state index in [0.29, 0.717) is 58.3 Å². The first-order chi connectivity index (χ1) is 22.3. The molecule has 0 unspecified atom stereocenters. The molecule has 1 aliphatic rings. The summed E-state index contributed by atoms with van der Waals surface area (Å²) < 4.78 is 13.1. The van der Waals surface area contributed by atoms with Gasteiger partial charge in [0.15, 0.2) is 0 Å². The zero-order valence-electron chi connectivity index (χ0n) is 25.5. The molecule has 11 heteroatoms. The highest BCUT2D eigenvalue weighted by Crippen LogP contribution is 2.28. The number of piperazine rings is 1. The summed E-state index contributed by atoms with van der Waals surface area (Å²) in [7, 11) is 3.61. The number of hydrogen-bond donors (Lipinski definition) is 1. The van der Waals surface area contributed by atoms with Gasteiger partial charge in [-0.3, -0.25) is 14.5 Å². The van der Waals surface area contributed by atoms with E-state index in [9.17, 15) is 9.59 Å². The largest absolute Gasteiger partial charge is 0.439 e. The van der Waals surface area contributed by atoms with Gasteiger partial charge in [-0.2, -0.15) is 0 Å². The van der Waals surface area contributed by atoms with Crippen LogP contribution in [0.1, 0.15) is 32.0 Å². The fourth-order valence-electron chi connectivity index (χ4n) is 5.51. The van der Waals surface area contributed by atoms with Crippen molar-refractivity contribution in [1.82, 2.24) is 19.4 Å². The van der Waals surface area contributed by atoms with E-state index in [0.717, 1.165) is 36.1 Å². The Labute approximate surface area is 277 Å². The molecule has 5 aromatic rings. The van der Waals surface area contributed by atoms with Gasteiger partial charge in [-0.15, -0.1) is 0 Å². The minimum atomic E-state index is -0.333. The number of nitrogens with zero attached hydrogens (tertiary/aromatic N) is 4. The quantitative estimate of drug-likeness (QED) is 0.183. The number of carbonyl (C=O) groups is 2. The first kappa shape index (κ1) is 31.6. The maximum absolute atomic E-state index is 13.6. The maximum Gasteiger partial charge on any atom is 0.270 e. The number of hydrogen-bond acceptors (Lipinski definition) is 6. The molecular formula is C35H33Cl2N5O4. The van der Waals surface area contributed by atoms with Crippen molar-refractivity contribution in [2.45, 2.75) is 13.2 Å². The van der Waals surface area contributed by atoms with Gasteiger partial charge in [0.25, 0.3) is 11.8 Å². The van der Waals surface area contributed by atoms with Crippen molar-refractivity contribution in [3.63, 3.8) is 0 Å². The third-order valence-electron chi connectivity index (χ3n) is 8.03. The van der Waals surface area contributed by atoms with E-state index in [1.165, 1.54) is 17.8 Å². The highest BCUT2D eigenvalue weighted by molar-refractivity contribution is 6.42. The van der Waals surface area contributed by atoms with E-state index >= 15 is 0 Å². The lowest BCUT2D eigenvalue weighted by molar-refractivity contribution is 0.0619. The normalized spacial score (nSPS) is 13.6. The zero-order chi connectivity index (χ0) is 32.2. The Morgan fingerprint density at radius 2 is 1.63 bits per heavy atom. The van der Waals surface area contributed by atoms with Crippen LogP contribution in [0.2, 0.25) is 10.0 Å². The molecule has 1 fully saturated rings. The number of benzene rings is 3. The minimum absolute atomic E-state index is 0.0184. The first-order valence-electron chi connectivity index (χ1n) is 14.9. The number of aromatic nitrogens is 2. The standard InChI is InChI=1S/C35H33Cl2N5O4/c1-40-31-11-9-28(46-33-12-8-27(20-38-33)39-34(43)25-7-10-29(36)30(37)18-25)17-26(31)19-32(40)35(44)42-15-13-41(14-16-42)21-23-3-5-24(6-4-23)22-45-2/h3-12,17-20H,13-16,21-22H2,1-2H3,(H,39,43).